The summed E-state index contributed by atoms with van der Waals surface area (Å²) in [5.41, 5.74) is 3.94. The maximum atomic E-state index is 11.9. The highest BCUT2D eigenvalue weighted by molar-refractivity contribution is 7.92. The minimum atomic E-state index is -3.62. The van der Waals surface area contributed by atoms with E-state index >= 15 is 0 Å². The molecule has 0 saturated carbocycles. The first kappa shape index (κ1) is 21.6. The molecule has 148 valence electrons. The van der Waals surface area contributed by atoms with E-state index in [0.717, 1.165) is 25.5 Å². The fourth-order valence-electron chi connectivity index (χ4n) is 2.98. The van der Waals surface area contributed by atoms with Gasteiger partial charge in [0, 0.05) is 16.0 Å². The number of benzene rings is 1. The number of hydroxylamine groups is 1. The van der Waals surface area contributed by atoms with Crippen LogP contribution in [0.1, 0.15) is 43.0 Å². The monoisotopic (exact) mass is 409 g/mol. The summed E-state index contributed by atoms with van der Waals surface area (Å²) in [5.74, 6) is -0.871. The Kier molecular flexibility index (Phi) is 7.19. The fourth-order valence-corrected chi connectivity index (χ4v) is 4.75. The second-order valence-corrected chi connectivity index (χ2v) is 10.8. The molecule has 7 heteroatoms. The SMILES string of the molecule is Cc1ccc(-c2ccc(CCCCCC(C)(C(=O)NO)S(C)(=O)=O)cc2)s1. The van der Waals surface area contributed by atoms with E-state index in [-0.39, 0.29) is 6.42 Å². The molecule has 2 N–H and O–H groups in total. The number of carbonyl (C=O) groups excluding carboxylic acids is 1. The second-order valence-electron chi connectivity index (χ2n) is 7.11. The van der Waals surface area contributed by atoms with E-state index in [4.69, 9.17) is 5.21 Å². The van der Waals surface area contributed by atoms with E-state index in [0.29, 0.717) is 6.42 Å². The molecule has 5 nitrogen and oxygen atoms in total. The molecule has 2 rings (SSSR count). The molecule has 0 fully saturated rings. The Bertz CT molecular complexity index is 872. The van der Waals surface area contributed by atoms with Gasteiger partial charge < -0.3 is 0 Å². The van der Waals surface area contributed by atoms with Crippen molar-refractivity contribution >= 4 is 27.1 Å². The van der Waals surface area contributed by atoms with Gasteiger partial charge in [0.25, 0.3) is 5.91 Å². The Hall–Kier alpha value is -1.70. The second kappa shape index (κ2) is 8.99. The number of sulfone groups is 1. The largest absolute Gasteiger partial charge is 0.289 e. The molecule has 0 saturated heterocycles. The van der Waals surface area contributed by atoms with Crippen LogP contribution in [0.2, 0.25) is 0 Å². The average molecular weight is 410 g/mol. The van der Waals surface area contributed by atoms with E-state index in [1.54, 1.807) is 11.3 Å². The number of carbonyl (C=O) groups is 1. The van der Waals surface area contributed by atoms with Crippen LogP contribution in [0.3, 0.4) is 0 Å². The van der Waals surface area contributed by atoms with Gasteiger partial charge in [-0.15, -0.1) is 11.3 Å². The van der Waals surface area contributed by atoms with Crippen molar-refractivity contribution in [1.82, 2.24) is 5.48 Å². The van der Waals surface area contributed by atoms with Gasteiger partial charge in [-0.25, -0.2) is 13.9 Å². The van der Waals surface area contributed by atoms with Gasteiger partial charge in [0.05, 0.1) is 0 Å². The molecule has 0 aliphatic rings. The molecule has 1 aromatic heterocycles. The molecule has 0 spiro atoms. The lowest BCUT2D eigenvalue weighted by Gasteiger charge is -2.24. The van der Waals surface area contributed by atoms with Crippen LogP contribution in [0.5, 0.6) is 0 Å². The first-order valence-corrected chi connectivity index (χ1v) is 11.7. The molecule has 0 bridgehead atoms. The summed E-state index contributed by atoms with van der Waals surface area (Å²) in [4.78, 5) is 14.3. The van der Waals surface area contributed by atoms with Crippen molar-refractivity contribution in [1.29, 1.82) is 0 Å². The number of thiophene rings is 1. The third-order valence-electron chi connectivity index (χ3n) is 5.00. The lowest BCUT2D eigenvalue weighted by atomic mass is 9.99. The minimum absolute atomic E-state index is 0.189. The predicted octanol–water partition coefficient (Wildman–Crippen LogP) is 4.14. The topological polar surface area (TPSA) is 83.5 Å². The van der Waals surface area contributed by atoms with Crippen LogP contribution >= 0.6 is 11.3 Å². The normalized spacial score (nSPS) is 13.9. The van der Waals surface area contributed by atoms with Crippen molar-refractivity contribution < 1.29 is 18.4 Å². The van der Waals surface area contributed by atoms with Gasteiger partial charge in [-0.1, -0.05) is 37.1 Å². The third kappa shape index (κ3) is 5.40. The molecule has 1 aromatic carbocycles. The quantitative estimate of drug-likeness (QED) is 0.370. The number of aryl methyl sites for hydroxylation is 2. The third-order valence-corrected chi connectivity index (χ3v) is 8.07. The smallest absolute Gasteiger partial charge is 0.264 e. The van der Waals surface area contributed by atoms with Crippen LogP contribution in [-0.2, 0) is 21.1 Å². The number of amides is 1. The molecule has 0 aliphatic heterocycles. The summed E-state index contributed by atoms with van der Waals surface area (Å²) in [7, 11) is -3.62. The van der Waals surface area contributed by atoms with Crippen molar-refractivity contribution in [3.05, 3.63) is 46.8 Å². The van der Waals surface area contributed by atoms with Crippen molar-refractivity contribution in [3.8, 4) is 10.4 Å². The highest BCUT2D eigenvalue weighted by Crippen LogP contribution is 2.28. The van der Waals surface area contributed by atoms with Gasteiger partial charge in [-0.2, -0.15) is 0 Å². The molecule has 1 atom stereocenters. The summed E-state index contributed by atoms with van der Waals surface area (Å²) in [5, 5.41) is 8.83. The minimum Gasteiger partial charge on any atom is -0.289 e. The summed E-state index contributed by atoms with van der Waals surface area (Å²) in [6.07, 6.45) is 4.45. The van der Waals surface area contributed by atoms with Gasteiger partial charge in [-0.05, 0) is 56.4 Å². The Morgan fingerprint density at radius 1 is 1.11 bits per heavy atom. The predicted molar refractivity (Wildman–Crippen MR) is 110 cm³/mol. The van der Waals surface area contributed by atoms with Crippen molar-refractivity contribution in [3.63, 3.8) is 0 Å². The van der Waals surface area contributed by atoms with Crippen LogP contribution in [0.4, 0.5) is 0 Å². The standard InChI is InChI=1S/C20H27NO4S2/c1-15-8-13-18(26-15)17-11-9-16(10-12-17)7-5-4-6-14-20(2,19(22)21-23)27(3,24)25/h8-13,23H,4-7,14H2,1-3H3,(H,21,22). The van der Waals surface area contributed by atoms with Crippen LogP contribution in [0.25, 0.3) is 10.4 Å². The van der Waals surface area contributed by atoms with E-state index in [2.05, 4.69) is 43.3 Å². The van der Waals surface area contributed by atoms with Crippen molar-refractivity contribution in [2.45, 2.75) is 50.7 Å². The summed E-state index contributed by atoms with van der Waals surface area (Å²) >= 11 is 1.78. The zero-order valence-electron chi connectivity index (χ0n) is 16.0. The Morgan fingerprint density at radius 3 is 2.30 bits per heavy atom. The number of rotatable bonds is 9. The van der Waals surface area contributed by atoms with E-state index in [1.807, 2.05) is 0 Å². The maximum absolute atomic E-state index is 11.9. The molecule has 0 aliphatic carbocycles. The summed E-state index contributed by atoms with van der Waals surface area (Å²) in [6.45, 7) is 3.46. The van der Waals surface area contributed by atoms with Gasteiger partial charge in [-0.3, -0.25) is 10.0 Å². The number of nitrogens with one attached hydrogen (secondary N) is 1. The molecule has 27 heavy (non-hydrogen) atoms. The molecule has 0 radical (unpaired) electrons. The van der Waals surface area contributed by atoms with Crippen LogP contribution in [0, 0.1) is 6.92 Å². The van der Waals surface area contributed by atoms with Gasteiger partial charge in [0.2, 0.25) is 0 Å². The van der Waals surface area contributed by atoms with Gasteiger partial charge in [0.15, 0.2) is 9.84 Å². The number of hydrogen-bond donors (Lipinski definition) is 2. The Morgan fingerprint density at radius 2 is 1.78 bits per heavy atom. The van der Waals surface area contributed by atoms with E-state index in [9.17, 15) is 13.2 Å². The fraction of sp³-hybridized carbons (Fsp3) is 0.450. The van der Waals surface area contributed by atoms with E-state index < -0.39 is 20.5 Å². The molecular weight excluding hydrogens is 382 g/mol. The average Bonchev–Trinajstić information content (AvgIpc) is 3.06. The van der Waals surface area contributed by atoms with Crippen LogP contribution in [-0.4, -0.2) is 30.5 Å². The van der Waals surface area contributed by atoms with Crippen LogP contribution < -0.4 is 5.48 Å². The Labute approximate surface area is 165 Å². The lowest BCUT2D eigenvalue weighted by molar-refractivity contribution is -0.131. The van der Waals surface area contributed by atoms with Crippen molar-refractivity contribution in [2.24, 2.45) is 0 Å². The zero-order chi connectivity index (χ0) is 20.1. The van der Waals surface area contributed by atoms with Crippen LogP contribution in [0.15, 0.2) is 36.4 Å². The lowest BCUT2D eigenvalue weighted by Crippen LogP contribution is -2.49. The summed E-state index contributed by atoms with van der Waals surface area (Å²) < 4.78 is 22.2. The van der Waals surface area contributed by atoms with Gasteiger partial charge in [0.1, 0.15) is 4.75 Å². The molecule has 2 aromatic rings. The highest BCUT2D eigenvalue weighted by Gasteiger charge is 2.42. The summed E-state index contributed by atoms with van der Waals surface area (Å²) in [6, 6.07) is 12.8. The molecule has 1 unspecified atom stereocenters. The highest BCUT2D eigenvalue weighted by atomic mass is 32.2. The van der Waals surface area contributed by atoms with Crippen molar-refractivity contribution in [2.75, 3.05) is 6.26 Å². The maximum Gasteiger partial charge on any atom is 0.264 e. The van der Waals surface area contributed by atoms with Gasteiger partial charge >= 0.3 is 0 Å². The molecule has 1 heterocycles. The van der Waals surface area contributed by atoms with E-state index in [1.165, 1.54) is 33.3 Å². The number of hydrogen-bond acceptors (Lipinski definition) is 5. The first-order valence-electron chi connectivity index (χ1n) is 8.97. The Balaban J connectivity index is 1.83. The molecule has 1 amide bonds. The number of unbranched alkanes of at least 4 members (excludes halogenated alkanes) is 2. The zero-order valence-corrected chi connectivity index (χ0v) is 17.6. The first-order chi connectivity index (χ1) is 12.7. The molecular formula is C20H27NO4S2.